The molecule has 6 heteroatoms. The molecule has 0 amide bonds. The quantitative estimate of drug-likeness (QED) is 0.763. The lowest BCUT2D eigenvalue weighted by Gasteiger charge is -2.33. The monoisotopic (exact) mass is 367 g/mol. The zero-order valence-electron chi connectivity index (χ0n) is 15.0. The van der Waals surface area contributed by atoms with E-state index in [0.717, 1.165) is 65.0 Å². The second-order valence-corrected chi connectivity index (χ2v) is 7.19. The smallest absolute Gasteiger partial charge is 0.159 e. The van der Waals surface area contributed by atoms with Gasteiger partial charge in [0.1, 0.15) is 0 Å². The van der Waals surface area contributed by atoms with Crippen molar-refractivity contribution in [1.82, 2.24) is 20.1 Å². The van der Waals surface area contributed by atoms with Crippen molar-refractivity contribution in [1.29, 1.82) is 0 Å². The number of aromatic nitrogens is 3. The van der Waals surface area contributed by atoms with E-state index in [1.54, 1.807) is 0 Å². The summed E-state index contributed by atoms with van der Waals surface area (Å²) in [5.41, 5.74) is 5.40. The average Bonchev–Trinajstić information content (AvgIpc) is 3.10. The van der Waals surface area contributed by atoms with Gasteiger partial charge in [-0.05, 0) is 49.4 Å². The van der Waals surface area contributed by atoms with Crippen LogP contribution in [0.2, 0.25) is 5.02 Å². The molecule has 5 nitrogen and oxygen atoms in total. The second-order valence-electron chi connectivity index (χ2n) is 6.79. The molecule has 0 unspecified atom stereocenters. The maximum absolute atomic E-state index is 6.22. The Morgan fingerprint density at radius 3 is 2.42 bits per heavy atom. The highest BCUT2D eigenvalue weighted by Gasteiger charge is 2.24. The molecule has 2 aromatic heterocycles. The largest absolute Gasteiger partial charge is 0.352 e. The summed E-state index contributed by atoms with van der Waals surface area (Å²) in [6.07, 6.45) is 3.65. The summed E-state index contributed by atoms with van der Waals surface area (Å²) in [6.45, 7) is 6.04. The van der Waals surface area contributed by atoms with Crippen molar-refractivity contribution in [2.24, 2.45) is 0 Å². The van der Waals surface area contributed by atoms with Gasteiger partial charge in [0.25, 0.3) is 0 Å². The van der Waals surface area contributed by atoms with Crippen LogP contribution in [0.4, 0.5) is 5.82 Å². The van der Waals surface area contributed by atoms with E-state index in [9.17, 15) is 0 Å². The molecule has 1 aliphatic heterocycles. The van der Waals surface area contributed by atoms with Gasteiger partial charge >= 0.3 is 0 Å². The Bertz CT molecular complexity index is 898. The lowest BCUT2D eigenvalue weighted by atomic mass is 10.00. The van der Waals surface area contributed by atoms with Gasteiger partial charge in [0.15, 0.2) is 5.82 Å². The van der Waals surface area contributed by atoms with Crippen LogP contribution in [0.25, 0.3) is 22.4 Å². The third-order valence-corrected chi connectivity index (χ3v) is 5.39. The summed E-state index contributed by atoms with van der Waals surface area (Å²) in [4.78, 5) is 8.87. The topological polar surface area (TPSA) is 48.1 Å². The maximum Gasteiger partial charge on any atom is 0.159 e. The van der Waals surface area contributed by atoms with Crippen LogP contribution in [0.5, 0.6) is 0 Å². The van der Waals surface area contributed by atoms with E-state index in [2.05, 4.69) is 33.0 Å². The number of rotatable bonds is 3. The molecule has 1 N–H and O–H groups in total. The summed E-state index contributed by atoms with van der Waals surface area (Å²) < 4.78 is 0. The average molecular weight is 368 g/mol. The number of hydrogen-bond acceptors (Lipinski definition) is 4. The Labute approximate surface area is 158 Å². The molecule has 1 aliphatic rings. The van der Waals surface area contributed by atoms with Gasteiger partial charge < -0.3 is 9.80 Å². The van der Waals surface area contributed by atoms with Crippen molar-refractivity contribution in [3.63, 3.8) is 0 Å². The highest BCUT2D eigenvalue weighted by atomic mass is 35.5. The van der Waals surface area contributed by atoms with Gasteiger partial charge in [0, 0.05) is 49.2 Å². The number of aryl methyl sites for hydroxylation is 1. The molecule has 0 saturated carbocycles. The zero-order valence-corrected chi connectivity index (χ0v) is 15.8. The molecule has 0 bridgehead atoms. The molecule has 0 radical (unpaired) electrons. The van der Waals surface area contributed by atoms with Crippen molar-refractivity contribution in [3.05, 3.63) is 53.3 Å². The van der Waals surface area contributed by atoms with Crippen molar-refractivity contribution in [3.8, 4) is 22.4 Å². The van der Waals surface area contributed by atoms with Crippen LogP contribution in [-0.2, 0) is 0 Å². The number of aromatic amines is 1. The Kier molecular flexibility index (Phi) is 4.66. The van der Waals surface area contributed by atoms with Crippen molar-refractivity contribution >= 4 is 17.4 Å². The molecule has 26 heavy (non-hydrogen) atoms. The van der Waals surface area contributed by atoms with E-state index in [1.165, 1.54) is 0 Å². The highest BCUT2D eigenvalue weighted by Crippen LogP contribution is 2.38. The number of nitrogens with zero attached hydrogens (tertiary/aromatic N) is 4. The van der Waals surface area contributed by atoms with E-state index in [4.69, 9.17) is 16.7 Å². The summed E-state index contributed by atoms with van der Waals surface area (Å²) in [6, 6.07) is 10.2. The number of hydrogen-bond donors (Lipinski definition) is 1. The van der Waals surface area contributed by atoms with Crippen molar-refractivity contribution in [2.45, 2.75) is 6.92 Å². The Balaban J connectivity index is 1.83. The third-order valence-electron chi connectivity index (χ3n) is 4.97. The van der Waals surface area contributed by atoms with Crippen LogP contribution in [-0.4, -0.2) is 53.3 Å². The molecule has 1 aromatic carbocycles. The van der Waals surface area contributed by atoms with E-state index in [0.29, 0.717) is 0 Å². The molecule has 3 aromatic rings. The standard InChI is InChI=1S/C20H22ClN5/c1-14-13-16(3-4-17(14)21)19-18(15-5-7-22-8-6-15)20(24-23-19)26-11-9-25(2)10-12-26/h3-8,13H,9-12H2,1-2H3,(H,23,24). The number of piperazine rings is 1. The van der Waals surface area contributed by atoms with Gasteiger partial charge in [0.05, 0.1) is 11.3 Å². The van der Waals surface area contributed by atoms with Gasteiger partial charge in [-0.1, -0.05) is 17.7 Å². The van der Waals surface area contributed by atoms with E-state index in [1.807, 2.05) is 43.6 Å². The minimum Gasteiger partial charge on any atom is -0.352 e. The van der Waals surface area contributed by atoms with E-state index in [-0.39, 0.29) is 0 Å². The van der Waals surface area contributed by atoms with Gasteiger partial charge in [-0.2, -0.15) is 5.10 Å². The van der Waals surface area contributed by atoms with Gasteiger partial charge in [-0.15, -0.1) is 0 Å². The molecule has 1 fully saturated rings. The lowest BCUT2D eigenvalue weighted by molar-refractivity contribution is 0.312. The number of nitrogens with one attached hydrogen (secondary N) is 1. The number of benzene rings is 1. The van der Waals surface area contributed by atoms with Gasteiger partial charge in [-0.25, -0.2) is 0 Å². The van der Waals surface area contributed by atoms with Crippen LogP contribution in [0.3, 0.4) is 0 Å². The summed E-state index contributed by atoms with van der Waals surface area (Å²) >= 11 is 6.22. The Morgan fingerprint density at radius 1 is 1.00 bits per heavy atom. The van der Waals surface area contributed by atoms with Crippen LogP contribution in [0.1, 0.15) is 5.56 Å². The number of pyridine rings is 1. The minimum absolute atomic E-state index is 0.776. The molecule has 1 saturated heterocycles. The van der Waals surface area contributed by atoms with Gasteiger partial charge in [0.2, 0.25) is 0 Å². The maximum atomic E-state index is 6.22. The zero-order chi connectivity index (χ0) is 18.1. The van der Waals surface area contributed by atoms with E-state index < -0.39 is 0 Å². The molecular formula is C20H22ClN5. The van der Waals surface area contributed by atoms with Crippen LogP contribution in [0.15, 0.2) is 42.7 Å². The SMILES string of the molecule is Cc1cc(-c2[nH]nc(N3CCN(C)CC3)c2-c2ccncc2)ccc1Cl. The lowest BCUT2D eigenvalue weighted by Crippen LogP contribution is -2.44. The number of halogens is 1. The minimum atomic E-state index is 0.776. The first kappa shape index (κ1) is 17.1. The van der Waals surface area contributed by atoms with Crippen LogP contribution >= 0.6 is 11.6 Å². The van der Waals surface area contributed by atoms with Gasteiger partial charge in [-0.3, -0.25) is 10.1 Å². The van der Waals surface area contributed by atoms with Crippen molar-refractivity contribution < 1.29 is 0 Å². The first-order chi connectivity index (χ1) is 12.6. The molecule has 0 spiro atoms. The Morgan fingerprint density at radius 2 is 1.73 bits per heavy atom. The number of H-pyrrole nitrogens is 1. The number of anilines is 1. The highest BCUT2D eigenvalue weighted by molar-refractivity contribution is 6.31. The summed E-state index contributed by atoms with van der Waals surface area (Å²) in [5, 5.41) is 8.75. The first-order valence-electron chi connectivity index (χ1n) is 8.82. The second kappa shape index (κ2) is 7.09. The molecular weight excluding hydrogens is 346 g/mol. The van der Waals surface area contributed by atoms with E-state index >= 15 is 0 Å². The van der Waals surface area contributed by atoms with Crippen LogP contribution < -0.4 is 4.90 Å². The molecule has 4 rings (SSSR count). The predicted molar refractivity (Wildman–Crippen MR) is 107 cm³/mol. The Hall–Kier alpha value is -2.37. The molecule has 134 valence electrons. The fraction of sp³-hybridized carbons (Fsp3) is 0.300. The fourth-order valence-electron chi connectivity index (χ4n) is 3.38. The van der Waals surface area contributed by atoms with Crippen LogP contribution in [0, 0.1) is 6.92 Å². The predicted octanol–water partition coefficient (Wildman–Crippen LogP) is 3.85. The van der Waals surface area contributed by atoms with Crippen molar-refractivity contribution in [2.75, 3.05) is 38.1 Å². The summed E-state index contributed by atoms with van der Waals surface area (Å²) in [7, 11) is 2.16. The summed E-state index contributed by atoms with van der Waals surface area (Å²) in [5.74, 6) is 1.01. The number of likely N-dealkylation sites (N-methyl/N-ethyl adjacent to an activating group) is 1. The molecule has 3 heterocycles. The molecule has 0 atom stereocenters. The fourth-order valence-corrected chi connectivity index (χ4v) is 3.50. The molecule has 0 aliphatic carbocycles. The normalized spacial score (nSPS) is 15.4. The third kappa shape index (κ3) is 3.20. The first-order valence-corrected chi connectivity index (χ1v) is 9.20.